The Morgan fingerprint density at radius 1 is 1.42 bits per heavy atom. The minimum Gasteiger partial charge on any atom is -0.385 e. The van der Waals surface area contributed by atoms with Gasteiger partial charge in [0.1, 0.15) is 0 Å². The zero-order valence-electron chi connectivity index (χ0n) is 11.2. The van der Waals surface area contributed by atoms with E-state index in [1.165, 1.54) is 0 Å². The number of nitrogens with zero attached hydrogens (tertiary/aromatic N) is 2. The highest BCUT2D eigenvalue weighted by Crippen LogP contribution is 2.25. The number of methoxy groups -OCH3 is 1. The second-order valence-corrected chi connectivity index (χ2v) is 4.74. The number of halogens is 1. The van der Waals surface area contributed by atoms with Crippen molar-refractivity contribution in [3.63, 3.8) is 0 Å². The van der Waals surface area contributed by atoms with E-state index in [0.29, 0.717) is 0 Å². The third-order valence-electron chi connectivity index (χ3n) is 2.98. The zero-order valence-corrected chi connectivity index (χ0v) is 11.9. The molecule has 1 aromatic heterocycles. The van der Waals surface area contributed by atoms with Gasteiger partial charge in [-0.2, -0.15) is 0 Å². The molecule has 5 heteroatoms. The molecule has 0 fully saturated rings. The fourth-order valence-corrected chi connectivity index (χ4v) is 2.03. The Kier molecular flexibility index (Phi) is 4.82. The topological polar surface area (TPSA) is 39.1 Å². The number of rotatable bonds is 6. The summed E-state index contributed by atoms with van der Waals surface area (Å²) in [6.45, 7) is 3.60. The van der Waals surface area contributed by atoms with Gasteiger partial charge in [0.25, 0.3) is 0 Å². The first-order chi connectivity index (χ1) is 9.22. The third-order valence-corrected chi connectivity index (χ3v) is 3.39. The molecule has 0 atom stereocenters. The summed E-state index contributed by atoms with van der Waals surface area (Å²) < 4.78 is 7.13. The summed E-state index contributed by atoms with van der Waals surface area (Å²) in [5.41, 5.74) is 2.00. The molecule has 102 valence electrons. The Morgan fingerprint density at radius 3 is 3.05 bits per heavy atom. The van der Waals surface area contributed by atoms with Gasteiger partial charge in [0.05, 0.1) is 0 Å². The van der Waals surface area contributed by atoms with Crippen LogP contribution in [-0.2, 0) is 11.3 Å². The van der Waals surface area contributed by atoms with Crippen molar-refractivity contribution in [2.24, 2.45) is 0 Å². The summed E-state index contributed by atoms with van der Waals surface area (Å²) >= 11 is 6.11. The Labute approximate surface area is 118 Å². The molecule has 0 aliphatic rings. The molecule has 4 nitrogen and oxygen atoms in total. The number of nitrogens with one attached hydrogen (secondary N) is 1. The van der Waals surface area contributed by atoms with Crippen molar-refractivity contribution in [3.05, 3.63) is 41.2 Å². The summed E-state index contributed by atoms with van der Waals surface area (Å²) in [5, 5.41) is 4.07. The third kappa shape index (κ3) is 3.49. The fourth-order valence-electron chi connectivity index (χ4n) is 1.86. The van der Waals surface area contributed by atoms with Crippen LogP contribution in [0.4, 0.5) is 11.6 Å². The minimum absolute atomic E-state index is 0.744. The van der Waals surface area contributed by atoms with E-state index in [4.69, 9.17) is 16.3 Å². The predicted molar refractivity (Wildman–Crippen MR) is 78.2 cm³/mol. The second-order valence-electron chi connectivity index (χ2n) is 4.33. The molecule has 1 N–H and O–H groups in total. The lowest BCUT2D eigenvalue weighted by Crippen LogP contribution is -2.06. The quantitative estimate of drug-likeness (QED) is 0.821. The summed E-state index contributed by atoms with van der Waals surface area (Å²) in [6.07, 6.45) is 4.70. The van der Waals surface area contributed by atoms with Gasteiger partial charge in [0.2, 0.25) is 5.95 Å². The monoisotopic (exact) mass is 279 g/mol. The van der Waals surface area contributed by atoms with Crippen molar-refractivity contribution < 1.29 is 4.74 Å². The number of hydrogen-bond acceptors (Lipinski definition) is 3. The standard InChI is InChI=1S/C14H18ClN3O/c1-11-12(15)5-3-6-13(11)17-14-16-7-9-18(14)8-4-10-19-2/h3,5-7,9H,4,8,10H2,1-2H3,(H,16,17). The van der Waals surface area contributed by atoms with Gasteiger partial charge < -0.3 is 14.6 Å². The van der Waals surface area contributed by atoms with Gasteiger partial charge in [-0.05, 0) is 31.0 Å². The van der Waals surface area contributed by atoms with Gasteiger partial charge in [0, 0.05) is 43.4 Å². The second kappa shape index (κ2) is 6.59. The number of aromatic nitrogens is 2. The Bertz CT molecular complexity index is 539. The van der Waals surface area contributed by atoms with E-state index < -0.39 is 0 Å². The van der Waals surface area contributed by atoms with Crippen molar-refractivity contribution in [2.45, 2.75) is 19.9 Å². The van der Waals surface area contributed by atoms with Gasteiger partial charge in [-0.25, -0.2) is 4.98 Å². The molecule has 0 spiro atoms. The molecule has 0 saturated carbocycles. The van der Waals surface area contributed by atoms with Crippen LogP contribution >= 0.6 is 11.6 Å². The lowest BCUT2D eigenvalue weighted by atomic mass is 10.2. The Balaban J connectivity index is 2.11. The van der Waals surface area contributed by atoms with Crippen molar-refractivity contribution in [1.82, 2.24) is 9.55 Å². The highest BCUT2D eigenvalue weighted by atomic mass is 35.5. The largest absolute Gasteiger partial charge is 0.385 e. The number of benzene rings is 1. The van der Waals surface area contributed by atoms with E-state index >= 15 is 0 Å². The number of ether oxygens (including phenoxy) is 1. The van der Waals surface area contributed by atoms with Crippen LogP contribution in [0.25, 0.3) is 0 Å². The van der Waals surface area contributed by atoms with Crippen molar-refractivity contribution in [2.75, 3.05) is 19.0 Å². The van der Waals surface area contributed by atoms with Crippen LogP contribution < -0.4 is 5.32 Å². The van der Waals surface area contributed by atoms with Gasteiger partial charge in [-0.3, -0.25) is 0 Å². The molecule has 1 aromatic carbocycles. The molecular formula is C14H18ClN3O. The van der Waals surface area contributed by atoms with Gasteiger partial charge >= 0.3 is 0 Å². The maximum Gasteiger partial charge on any atom is 0.207 e. The molecule has 0 unspecified atom stereocenters. The molecule has 2 aromatic rings. The van der Waals surface area contributed by atoms with Crippen molar-refractivity contribution in [1.29, 1.82) is 0 Å². The molecule has 19 heavy (non-hydrogen) atoms. The van der Waals surface area contributed by atoms with Crippen LogP contribution in [0.1, 0.15) is 12.0 Å². The zero-order chi connectivity index (χ0) is 13.7. The van der Waals surface area contributed by atoms with Crippen LogP contribution in [0.3, 0.4) is 0 Å². The lowest BCUT2D eigenvalue weighted by Gasteiger charge is -2.12. The first-order valence-electron chi connectivity index (χ1n) is 6.24. The molecule has 0 amide bonds. The fraction of sp³-hybridized carbons (Fsp3) is 0.357. The van der Waals surface area contributed by atoms with E-state index in [1.54, 1.807) is 13.3 Å². The molecular weight excluding hydrogens is 262 g/mol. The van der Waals surface area contributed by atoms with E-state index in [2.05, 4.69) is 14.9 Å². The van der Waals surface area contributed by atoms with Gasteiger partial charge in [-0.1, -0.05) is 17.7 Å². The highest BCUT2D eigenvalue weighted by molar-refractivity contribution is 6.31. The molecule has 1 heterocycles. The maximum absolute atomic E-state index is 6.11. The first-order valence-corrected chi connectivity index (χ1v) is 6.62. The predicted octanol–water partition coefficient (Wildman–Crippen LogP) is 3.63. The Morgan fingerprint density at radius 2 is 2.26 bits per heavy atom. The molecule has 0 radical (unpaired) electrons. The smallest absolute Gasteiger partial charge is 0.207 e. The number of aryl methyl sites for hydroxylation is 1. The SMILES string of the molecule is COCCCn1ccnc1Nc1cccc(Cl)c1C. The number of imidazole rings is 1. The summed E-state index contributed by atoms with van der Waals surface area (Å²) in [6, 6.07) is 5.80. The first kappa shape index (κ1) is 13.9. The maximum atomic E-state index is 6.11. The molecule has 0 aliphatic carbocycles. The van der Waals surface area contributed by atoms with E-state index in [1.807, 2.05) is 31.3 Å². The van der Waals surface area contributed by atoms with Gasteiger partial charge in [-0.15, -0.1) is 0 Å². The molecule has 0 aliphatic heterocycles. The van der Waals surface area contributed by atoms with Crippen LogP contribution in [0.15, 0.2) is 30.6 Å². The summed E-state index contributed by atoms with van der Waals surface area (Å²) in [4.78, 5) is 4.33. The van der Waals surface area contributed by atoms with Crippen LogP contribution in [0, 0.1) is 6.92 Å². The van der Waals surface area contributed by atoms with Crippen molar-refractivity contribution >= 4 is 23.2 Å². The van der Waals surface area contributed by atoms with Crippen LogP contribution in [0.5, 0.6) is 0 Å². The van der Waals surface area contributed by atoms with E-state index in [-0.39, 0.29) is 0 Å². The summed E-state index contributed by atoms with van der Waals surface area (Å²) in [7, 11) is 1.71. The van der Waals surface area contributed by atoms with Crippen LogP contribution in [0.2, 0.25) is 5.02 Å². The van der Waals surface area contributed by atoms with E-state index in [9.17, 15) is 0 Å². The van der Waals surface area contributed by atoms with Gasteiger partial charge in [0.15, 0.2) is 0 Å². The highest BCUT2D eigenvalue weighted by Gasteiger charge is 2.06. The Hall–Kier alpha value is -1.52. The lowest BCUT2D eigenvalue weighted by molar-refractivity contribution is 0.190. The van der Waals surface area contributed by atoms with Crippen molar-refractivity contribution in [3.8, 4) is 0 Å². The average molecular weight is 280 g/mol. The average Bonchev–Trinajstić information content (AvgIpc) is 2.83. The van der Waals surface area contributed by atoms with E-state index in [0.717, 1.165) is 41.8 Å². The minimum atomic E-state index is 0.744. The molecule has 0 saturated heterocycles. The number of anilines is 2. The number of hydrogen-bond donors (Lipinski definition) is 1. The molecule has 0 bridgehead atoms. The molecule has 2 rings (SSSR count). The van der Waals surface area contributed by atoms with Crippen LogP contribution in [-0.4, -0.2) is 23.3 Å². The normalized spacial score (nSPS) is 10.7. The summed E-state index contributed by atoms with van der Waals surface area (Å²) in [5.74, 6) is 0.821.